The number of rotatable bonds is 9. The van der Waals surface area contributed by atoms with Gasteiger partial charge in [-0.25, -0.2) is 17.9 Å². The van der Waals surface area contributed by atoms with Gasteiger partial charge in [-0.15, -0.1) is 0 Å². The first-order chi connectivity index (χ1) is 18.2. The van der Waals surface area contributed by atoms with Crippen LogP contribution in [0.25, 0.3) is 27.7 Å². The van der Waals surface area contributed by atoms with Gasteiger partial charge in [-0.3, -0.25) is 4.79 Å². The van der Waals surface area contributed by atoms with Crippen molar-refractivity contribution in [3.8, 4) is 22.8 Å². The Morgan fingerprint density at radius 3 is 2.26 bits per heavy atom. The number of aromatic amines is 1. The Balaban J connectivity index is 1.67. The lowest BCUT2D eigenvalue weighted by Gasteiger charge is -2.16. The van der Waals surface area contributed by atoms with Crippen molar-refractivity contribution in [3.63, 3.8) is 0 Å². The molecule has 10 heteroatoms. The topological polar surface area (TPSA) is 124 Å². The summed E-state index contributed by atoms with van der Waals surface area (Å²) in [6, 6.07) is 18.4. The van der Waals surface area contributed by atoms with Crippen LogP contribution in [-0.2, 0) is 14.8 Å². The van der Waals surface area contributed by atoms with Gasteiger partial charge in [0.15, 0.2) is 5.78 Å². The average Bonchev–Trinajstić information content (AvgIpc) is 3.35. The minimum absolute atomic E-state index is 0.0216. The predicted octanol–water partition coefficient (Wildman–Crippen LogP) is 5.18. The smallest absolute Gasteiger partial charge is 0.421 e. The SMILES string of the molecule is C=C(C(=O)c1ccc(S(=O)(=O)NC(=O)OCC)cc1)c1cc(-c2cc3ccccc3[nH]2)c(OC)cc1OC. The Morgan fingerprint density at radius 2 is 1.63 bits per heavy atom. The molecule has 0 spiro atoms. The van der Waals surface area contributed by atoms with E-state index >= 15 is 0 Å². The maximum absolute atomic E-state index is 13.3. The first-order valence-corrected chi connectivity index (χ1v) is 13.0. The molecule has 1 amide bonds. The summed E-state index contributed by atoms with van der Waals surface area (Å²) in [5.74, 6) is 0.498. The molecule has 1 heterocycles. The summed E-state index contributed by atoms with van der Waals surface area (Å²) in [6.45, 7) is 5.58. The molecule has 0 fully saturated rings. The van der Waals surface area contributed by atoms with Crippen molar-refractivity contribution in [2.24, 2.45) is 0 Å². The van der Waals surface area contributed by atoms with Crippen LogP contribution in [0.2, 0.25) is 0 Å². The summed E-state index contributed by atoms with van der Waals surface area (Å²) < 4.78 is 42.3. The third kappa shape index (κ3) is 5.25. The van der Waals surface area contributed by atoms with E-state index in [0.717, 1.165) is 16.6 Å². The van der Waals surface area contributed by atoms with Gasteiger partial charge in [-0.05, 0) is 49.4 Å². The molecule has 38 heavy (non-hydrogen) atoms. The van der Waals surface area contributed by atoms with E-state index in [1.54, 1.807) is 30.9 Å². The number of sulfonamides is 1. The van der Waals surface area contributed by atoms with E-state index in [4.69, 9.17) is 9.47 Å². The highest BCUT2D eigenvalue weighted by Gasteiger charge is 2.22. The summed E-state index contributed by atoms with van der Waals surface area (Å²) >= 11 is 0. The van der Waals surface area contributed by atoms with Crippen molar-refractivity contribution < 1.29 is 32.2 Å². The number of methoxy groups -OCH3 is 2. The third-order valence-corrected chi connectivity index (χ3v) is 7.19. The van der Waals surface area contributed by atoms with Crippen LogP contribution in [0.4, 0.5) is 4.79 Å². The normalized spacial score (nSPS) is 11.1. The minimum atomic E-state index is -4.16. The van der Waals surface area contributed by atoms with Crippen LogP contribution < -0.4 is 14.2 Å². The van der Waals surface area contributed by atoms with E-state index in [1.807, 2.05) is 30.3 Å². The van der Waals surface area contributed by atoms with Crippen molar-refractivity contribution in [1.29, 1.82) is 0 Å². The van der Waals surface area contributed by atoms with Crippen LogP contribution in [0.3, 0.4) is 0 Å². The lowest BCUT2D eigenvalue weighted by atomic mass is 9.95. The Morgan fingerprint density at radius 1 is 0.947 bits per heavy atom. The molecule has 0 aliphatic heterocycles. The molecule has 0 atom stereocenters. The van der Waals surface area contributed by atoms with E-state index in [0.29, 0.717) is 22.6 Å². The molecule has 9 nitrogen and oxygen atoms in total. The number of aromatic nitrogens is 1. The predicted molar refractivity (Wildman–Crippen MR) is 144 cm³/mol. The molecule has 3 aromatic carbocycles. The number of benzene rings is 3. The zero-order chi connectivity index (χ0) is 27.4. The van der Waals surface area contributed by atoms with Crippen LogP contribution in [0.15, 0.2) is 78.2 Å². The zero-order valence-corrected chi connectivity index (χ0v) is 21.8. The fraction of sp³-hybridized carbons (Fsp3) is 0.143. The number of hydrogen-bond acceptors (Lipinski definition) is 7. The number of nitrogens with one attached hydrogen (secondary N) is 2. The number of carbonyl (C=O) groups excluding carboxylic acids is 2. The van der Waals surface area contributed by atoms with E-state index in [-0.39, 0.29) is 22.6 Å². The minimum Gasteiger partial charge on any atom is -0.496 e. The quantitative estimate of drug-likeness (QED) is 0.224. The van der Waals surface area contributed by atoms with Gasteiger partial charge in [-0.2, -0.15) is 0 Å². The van der Waals surface area contributed by atoms with E-state index in [9.17, 15) is 18.0 Å². The van der Waals surface area contributed by atoms with E-state index in [2.05, 4.69) is 16.3 Å². The molecular formula is C28H26N2O7S. The fourth-order valence-electron chi connectivity index (χ4n) is 3.97. The molecule has 1 aromatic heterocycles. The van der Waals surface area contributed by atoms with Gasteiger partial charge in [0.1, 0.15) is 11.5 Å². The highest BCUT2D eigenvalue weighted by atomic mass is 32.2. The standard InChI is InChI=1S/C28H26N2O7S/c1-5-37-28(32)30-38(33,34)20-12-10-18(11-13-20)27(31)17(2)21-15-22(26(36-4)16-25(21)35-3)24-14-19-8-6-7-9-23(19)29-24/h6-16,29H,2,5H2,1,3-4H3,(H,30,32). The largest absolute Gasteiger partial charge is 0.496 e. The van der Waals surface area contributed by atoms with Crippen molar-refractivity contribution in [3.05, 3.63) is 84.4 Å². The van der Waals surface area contributed by atoms with E-state index in [1.165, 1.54) is 31.4 Å². The number of fused-ring (bicyclic) bond motifs is 1. The zero-order valence-electron chi connectivity index (χ0n) is 21.0. The van der Waals surface area contributed by atoms with E-state index < -0.39 is 21.9 Å². The molecule has 0 aliphatic rings. The van der Waals surface area contributed by atoms with Gasteiger partial charge >= 0.3 is 6.09 Å². The second kappa shape index (κ2) is 10.8. The number of ketones is 1. The number of para-hydroxylation sites is 1. The maximum Gasteiger partial charge on any atom is 0.421 e. The summed E-state index contributed by atoms with van der Waals surface area (Å²) in [4.78, 5) is 28.0. The molecule has 0 saturated heterocycles. The Kier molecular flexibility index (Phi) is 7.54. The molecule has 2 N–H and O–H groups in total. The van der Waals surface area contributed by atoms with Crippen molar-refractivity contribution in [1.82, 2.24) is 9.71 Å². The summed E-state index contributed by atoms with van der Waals surface area (Å²) in [5.41, 5.74) is 3.24. The number of hydrogen-bond donors (Lipinski definition) is 2. The van der Waals surface area contributed by atoms with Crippen molar-refractivity contribution in [2.45, 2.75) is 11.8 Å². The molecule has 4 rings (SSSR count). The molecule has 0 aliphatic carbocycles. The van der Waals surface area contributed by atoms with Crippen LogP contribution in [-0.4, -0.2) is 46.1 Å². The van der Waals surface area contributed by atoms with Crippen LogP contribution in [0, 0.1) is 0 Å². The Bertz CT molecular complexity index is 1600. The van der Waals surface area contributed by atoms with Crippen LogP contribution in [0.1, 0.15) is 22.8 Å². The second-order valence-electron chi connectivity index (χ2n) is 8.18. The van der Waals surface area contributed by atoms with Gasteiger partial charge in [0, 0.05) is 39.2 Å². The second-order valence-corrected chi connectivity index (χ2v) is 9.86. The molecule has 196 valence electrons. The molecule has 0 unspecified atom stereocenters. The Labute approximate surface area is 220 Å². The number of amides is 1. The lowest BCUT2D eigenvalue weighted by Crippen LogP contribution is -2.31. The van der Waals surface area contributed by atoms with Gasteiger partial charge in [0.2, 0.25) is 0 Å². The summed E-state index contributed by atoms with van der Waals surface area (Å²) in [7, 11) is -1.13. The lowest BCUT2D eigenvalue weighted by molar-refractivity contribution is 0.105. The fourth-order valence-corrected chi connectivity index (χ4v) is 4.87. The van der Waals surface area contributed by atoms with Gasteiger partial charge < -0.3 is 19.2 Å². The summed E-state index contributed by atoms with van der Waals surface area (Å²) in [6.07, 6.45) is -1.08. The Hall–Kier alpha value is -4.57. The van der Waals surface area contributed by atoms with Gasteiger partial charge in [-0.1, -0.05) is 24.8 Å². The molecular weight excluding hydrogens is 508 g/mol. The molecule has 0 bridgehead atoms. The maximum atomic E-state index is 13.3. The monoisotopic (exact) mass is 534 g/mol. The number of ether oxygens (including phenoxy) is 3. The van der Waals surface area contributed by atoms with Crippen LogP contribution >= 0.6 is 0 Å². The number of H-pyrrole nitrogens is 1. The van der Waals surface area contributed by atoms with Crippen molar-refractivity contribution >= 4 is 38.4 Å². The summed E-state index contributed by atoms with van der Waals surface area (Å²) in [5, 5.41) is 1.02. The highest BCUT2D eigenvalue weighted by molar-refractivity contribution is 7.90. The number of Topliss-reactive ketones (excluding diaryl/α,β-unsaturated/α-hetero) is 1. The first-order valence-electron chi connectivity index (χ1n) is 11.6. The number of allylic oxidation sites excluding steroid dienone is 1. The average molecular weight is 535 g/mol. The molecule has 4 aromatic rings. The molecule has 0 saturated carbocycles. The van der Waals surface area contributed by atoms with Gasteiger partial charge in [0.25, 0.3) is 10.0 Å². The number of carbonyl (C=O) groups is 2. The van der Waals surface area contributed by atoms with Gasteiger partial charge in [0.05, 0.1) is 31.4 Å². The highest BCUT2D eigenvalue weighted by Crippen LogP contribution is 2.39. The van der Waals surface area contributed by atoms with Crippen LogP contribution in [0.5, 0.6) is 11.5 Å². The first kappa shape index (κ1) is 26.5. The molecule has 0 radical (unpaired) electrons. The third-order valence-electron chi connectivity index (χ3n) is 5.86. The van der Waals surface area contributed by atoms with Crippen molar-refractivity contribution in [2.75, 3.05) is 20.8 Å².